The van der Waals surface area contributed by atoms with Crippen LogP contribution in [0.2, 0.25) is 0 Å². The van der Waals surface area contributed by atoms with Crippen molar-refractivity contribution in [1.29, 1.82) is 0 Å². The van der Waals surface area contributed by atoms with Gasteiger partial charge in [-0.05, 0) is 13.5 Å². The fourth-order valence-electron chi connectivity index (χ4n) is 1.57. The number of hydrogen-bond acceptors (Lipinski definition) is 2. The van der Waals surface area contributed by atoms with Gasteiger partial charge in [0.15, 0.2) is 0 Å². The first-order valence-corrected chi connectivity index (χ1v) is 5.73. The molecule has 0 aliphatic heterocycles. The molecule has 0 saturated carbocycles. The molecule has 0 heterocycles. The molecule has 0 aliphatic carbocycles. The Balaban J connectivity index is 2.93. The maximum Gasteiger partial charge on any atom is 0.520 e. The maximum absolute atomic E-state index is 12.0. The van der Waals surface area contributed by atoms with Gasteiger partial charge in [0.25, 0.3) is 0 Å². The van der Waals surface area contributed by atoms with Crippen molar-refractivity contribution >= 4 is 6.09 Å². The Hall–Kier alpha value is -1.61. The summed E-state index contributed by atoms with van der Waals surface area (Å²) in [7, 11) is 1.83. The van der Waals surface area contributed by atoms with Gasteiger partial charge in [-0.2, -0.15) is 9.28 Å². The Kier molecular flexibility index (Phi) is 4.46. The summed E-state index contributed by atoms with van der Waals surface area (Å²) in [6.07, 6.45) is -0.260. The second-order valence-electron chi connectivity index (χ2n) is 4.27. The molecule has 1 aromatic carbocycles. The molecule has 0 saturated heterocycles. The topological polar surface area (TPSA) is 26.3 Å². The van der Waals surface area contributed by atoms with Crippen LogP contribution in [0.1, 0.15) is 19.4 Å². The van der Waals surface area contributed by atoms with Crippen molar-refractivity contribution in [3.05, 3.63) is 48.2 Å². The van der Waals surface area contributed by atoms with E-state index in [1.54, 1.807) is 0 Å². The lowest BCUT2D eigenvalue weighted by molar-refractivity contribution is -0.812. The first-order chi connectivity index (χ1) is 8.00. The average Bonchev–Trinajstić information content (AvgIpc) is 2.30. The summed E-state index contributed by atoms with van der Waals surface area (Å²) in [5.41, 5.74) is 1.86. The SMILES string of the molecule is C=C(C)[N+](C)(Cc1ccccc1)C(=O)OCC. The van der Waals surface area contributed by atoms with Gasteiger partial charge in [-0.15, -0.1) is 0 Å². The van der Waals surface area contributed by atoms with E-state index in [-0.39, 0.29) is 10.6 Å². The molecule has 1 rings (SSSR count). The number of carbonyl (C=O) groups is 1. The second kappa shape index (κ2) is 5.64. The molecule has 0 fully saturated rings. The molecule has 1 amide bonds. The molecule has 0 aromatic heterocycles. The van der Waals surface area contributed by atoms with Crippen LogP contribution in [0.15, 0.2) is 42.6 Å². The smallest absolute Gasteiger partial charge is 0.420 e. The molecule has 1 unspecified atom stereocenters. The Labute approximate surface area is 103 Å². The molecular formula is C14H20NO2+. The quantitative estimate of drug-likeness (QED) is 0.747. The Morgan fingerprint density at radius 1 is 1.35 bits per heavy atom. The highest BCUT2D eigenvalue weighted by molar-refractivity contribution is 5.60. The Bertz CT molecular complexity index is 400. The van der Waals surface area contributed by atoms with Gasteiger partial charge in [-0.25, -0.2) is 0 Å². The van der Waals surface area contributed by atoms with Gasteiger partial charge in [0.2, 0.25) is 0 Å². The summed E-state index contributed by atoms with van der Waals surface area (Å²) in [4.78, 5) is 12.0. The molecule has 3 heteroatoms. The summed E-state index contributed by atoms with van der Waals surface area (Å²) in [6.45, 7) is 8.50. The van der Waals surface area contributed by atoms with Gasteiger partial charge in [0.05, 0.1) is 13.7 Å². The second-order valence-corrected chi connectivity index (χ2v) is 4.27. The highest BCUT2D eigenvalue weighted by Crippen LogP contribution is 2.20. The van der Waals surface area contributed by atoms with Crippen LogP contribution in [-0.2, 0) is 11.3 Å². The van der Waals surface area contributed by atoms with Gasteiger partial charge in [0.1, 0.15) is 12.2 Å². The lowest BCUT2D eigenvalue weighted by atomic mass is 10.2. The van der Waals surface area contributed by atoms with E-state index >= 15 is 0 Å². The molecule has 17 heavy (non-hydrogen) atoms. The number of nitrogens with zero attached hydrogens (tertiary/aromatic N) is 1. The predicted molar refractivity (Wildman–Crippen MR) is 68.2 cm³/mol. The summed E-state index contributed by atoms with van der Waals surface area (Å²) >= 11 is 0. The average molecular weight is 234 g/mol. The number of quaternary nitrogens is 1. The standard InChI is InChI=1S/C14H20NO2/c1-5-17-14(16)15(4,12(2)3)11-13-9-7-6-8-10-13/h6-10H,2,5,11H2,1,3-4H3/q+1. The molecule has 1 aromatic rings. The van der Waals surface area contributed by atoms with Crippen molar-refractivity contribution in [2.24, 2.45) is 0 Å². The van der Waals surface area contributed by atoms with E-state index in [2.05, 4.69) is 6.58 Å². The summed E-state index contributed by atoms with van der Waals surface area (Å²) < 4.78 is 5.19. The van der Waals surface area contributed by atoms with E-state index in [9.17, 15) is 4.79 Å². The third-order valence-electron chi connectivity index (χ3n) is 2.85. The van der Waals surface area contributed by atoms with Gasteiger partial charge >= 0.3 is 6.09 Å². The number of hydrogen-bond donors (Lipinski definition) is 0. The van der Waals surface area contributed by atoms with Gasteiger partial charge < -0.3 is 4.74 Å². The van der Waals surface area contributed by atoms with E-state index in [1.807, 2.05) is 51.2 Å². The maximum atomic E-state index is 12.0. The molecular weight excluding hydrogens is 214 g/mol. The predicted octanol–water partition coefficient (Wildman–Crippen LogP) is 3.32. The number of carbonyl (C=O) groups excluding carboxylic acids is 1. The Morgan fingerprint density at radius 2 is 1.94 bits per heavy atom. The fraction of sp³-hybridized carbons (Fsp3) is 0.357. The number of benzene rings is 1. The van der Waals surface area contributed by atoms with Gasteiger partial charge in [-0.3, -0.25) is 0 Å². The fourth-order valence-corrected chi connectivity index (χ4v) is 1.57. The molecule has 3 nitrogen and oxygen atoms in total. The highest BCUT2D eigenvalue weighted by Gasteiger charge is 2.35. The molecule has 0 radical (unpaired) electrons. The van der Waals surface area contributed by atoms with Gasteiger partial charge in [-0.1, -0.05) is 30.3 Å². The summed E-state index contributed by atoms with van der Waals surface area (Å²) in [5.74, 6) is 0. The first kappa shape index (κ1) is 13.5. The number of amides is 1. The third kappa shape index (κ3) is 3.17. The van der Waals surface area contributed by atoms with E-state index < -0.39 is 0 Å². The van der Waals surface area contributed by atoms with Crippen molar-refractivity contribution in [2.45, 2.75) is 20.4 Å². The van der Waals surface area contributed by atoms with E-state index in [4.69, 9.17) is 4.74 Å². The number of allylic oxidation sites excluding steroid dienone is 1. The van der Waals surface area contributed by atoms with Crippen LogP contribution >= 0.6 is 0 Å². The monoisotopic (exact) mass is 234 g/mol. The lowest BCUT2D eigenvalue weighted by Crippen LogP contribution is -2.46. The first-order valence-electron chi connectivity index (χ1n) is 5.73. The minimum Gasteiger partial charge on any atom is -0.420 e. The minimum absolute atomic E-state index is 0.0812. The van der Waals surface area contributed by atoms with Crippen LogP contribution < -0.4 is 0 Å². The Morgan fingerprint density at radius 3 is 2.41 bits per heavy atom. The zero-order chi connectivity index (χ0) is 12.9. The van der Waals surface area contributed by atoms with Crippen LogP contribution in [0, 0.1) is 0 Å². The van der Waals surface area contributed by atoms with Crippen LogP contribution in [0.25, 0.3) is 0 Å². The molecule has 0 spiro atoms. The van der Waals surface area contributed by atoms with Crippen LogP contribution in [-0.4, -0.2) is 24.2 Å². The van der Waals surface area contributed by atoms with E-state index in [1.165, 1.54) is 0 Å². The molecule has 0 N–H and O–H groups in total. The van der Waals surface area contributed by atoms with Crippen LogP contribution in [0.3, 0.4) is 0 Å². The molecule has 1 atom stereocenters. The van der Waals surface area contributed by atoms with Crippen molar-refractivity contribution in [1.82, 2.24) is 0 Å². The normalized spacial score (nSPS) is 13.8. The summed E-state index contributed by atoms with van der Waals surface area (Å²) in [5, 5.41) is 0. The summed E-state index contributed by atoms with van der Waals surface area (Å²) in [6, 6.07) is 9.88. The van der Waals surface area contributed by atoms with Gasteiger partial charge in [0, 0.05) is 12.5 Å². The van der Waals surface area contributed by atoms with Crippen molar-refractivity contribution < 1.29 is 14.0 Å². The third-order valence-corrected chi connectivity index (χ3v) is 2.85. The van der Waals surface area contributed by atoms with Crippen molar-refractivity contribution in [3.8, 4) is 0 Å². The zero-order valence-corrected chi connectivity index (χ0v) is 10.8. The van der Waals surface area contributed by atoms with E-state index in [0.717, 1.165) is 11.3 Å². The molecule has 0 aliphatic rings. The van der Waals surface area contributed by atoms with Crippen molar-refractivity contribution in [2.75, 3.05) is 13.7 Å². The molecule has 92 valence electrons. The van der Waals surface area contributed by atoms with E-state index in [0.29, 0.717) is 13.2 Å². The van der Waals surface area contributed by atoms with Crippen molar-refractivity contribution in [3.63, 3.8) is 0 Å². The number of ether oxygens (including phenoxy) is 1. The molecule has 0 bridgehead atoms. The lowest BCUT2D eigenvalue weighted by Gasteiger charge is -2.29. The highest BCUT2D eigenvalue weighted by atomic mass is 16.6. The zero-order valence-electron chi connectivity index (χ0n) is 10.8. The van der Waals surface area contributed by atoms with Crippen LogP contribution in [0.4, 0.5) is 4.79 Å². The van der Waals surface area contributed by atoms with Crippen LogP contribution in [0.5, 0.6) is 0 Å². The minimum atomic E-state index is -0.260. The number of rotatable bonds is 4. The largest absolute Gasteiger partial charge is 0.520 e.